The Kier molecular flexibility index (Phi) is 0.884. The van der Waals surface area contributed by atoms with Crippen molar-refractivity contribution in [2.24, 2.45) is 17.6 Å². The molecule has 0 heterocycles. The Morgan fingerprint density at radius 3 is 2.75 bits per heavy atom. The van der Waals surface area contributed by atoms with Crippen LogP contribution in [0.1, 0.15) is 25.7 Å². The van der Waals surface area contributed by atoms with E-state index in [1.54, 1.807) is 0 Å². The number of fused-ring (bicyclic) bond motifs is 1. The van der Waals surface area contributed by atoms with Crippen LogP contribution in [0, 0.1) is 11.8 Å². The summed E-state index contributed by atoms with van der Waals surface area (Å²) in [5.74, 6) is 2.00. The van der Waals surface area contributed by atoms with Gasteiger partial charge in [-0.1, -0.05) is 12.8 Å². The lowest BCUT2D eigenvalue weighted by atomic mass is 9.96. The largest absolute Gasteiger partial charge is 0.327 e. The van der Waals surface area contributed by atoms with Gasteiger partial charge in [-0.05, 0) is 24.7 Å². The highest BCUT2D eigenvalue weighted by Gasteiger charge is 2.43. The molecule has 2 aliphatic rings. The predicted octanol–water partition coefficient (Wildman–Crippen LogP) is 1.13. The van der Waals surface area contributed by atoms with Crippen LogP contribution >= 0.6 is 0 Å². The Morgan fingerprint density at radius 2 is 2.12 bits per heavy atom. The first-order valence-electron chi connectivity index (χ1n) is 3.63. The van der Waals surface area contributed by atoms with E-state index < -0.39 is 0 Å². The molecule has 0 spiro atoms. The average Bonchev–Trinajstić information content (AvgIpc) is 2.45. The van der Waals surface area contributed by atoms with Gasteiger partial charge in [-0.25, -0.2) is 0 Å². The van der Waals surface area contributed by atoms with Gasteiger partial charge in [0.25, 0.3) is 0 Å². The van der Waals surface area contributed by atoms with Gasteiger partial charge in [0.05, 0.1) is 0 Å². The summed E-state index contributed by atoms with van der Waals surface area (Å²) in [5.41, 5.74) is 5.82. The maximum atomic E-state index is 5.82. The third kappa shape index (κ3) is 0.576. The molecule has 0 amide bonds. The molecular weight excluding hydrogens is 98.1 g/mol. The van der Waals surface area contributed by atoms with Crippen LogP contribution in [-0.2, 0) is 0 Å². The lowest BCUT2D eigenvalue weighted by Gasteiger charge is -2.15. The zero-order chi connectivity index (χ0) is 5.56. The molecule has 2 fully saturated rings. The van der Waals surface area contributed by atoms with Gasteiger partial charge in [0.1, 0.15) is 0 Å². The minimum atomic E-state index is 0.578. The molecule has 0 aromatic carbocycles. The number of hydrogen-bond acceptors (Lipinski definition) is 1. The van der Waals surface area contributed by atoms with Crippen molar-refractivity contribution in [1.29, 1.82) is 0 Å². The first-order valence-corrected chi connectivity index (χ1v) is 3.63. The third-order valence-corrected chi connectivity index (χ3v) is 2.64. The minimum absolute atomic E-state index is 0.578. The van der Waals surface area contributed by atoms with E-state index >= 15 is 0 Å². The van der Waals surface area contributed by atoms with Gasteiger partial charge < -0.3 is 5.73 Å². The summed E-state index contributed by atoms with van der Waals surface area (Å²) in [6.07, 6.45) is 5.60. The lowest BCUT2D eigenvalue weighted by molar-refractivity contribution is 0.419. The molecule has 1 nitrogen and oxygen atoms in total. The summed E-state index contributed by atoms with van der Waals surface area (Å²) in [4.78, 5) is 0. The summed E-state index contributed by atoms with van der Waals surface area (Å²) in [5, 5.41) is 0. The molecule has 0 aliphatic heterocycles. The Bertz CT molecular complexity index is 101. The third-order valence-electron chi connectivity index (χ3n) is 2.64. The molecule has 2 rings (SSSR count). The van der Waals surface area contributed by atoms with Crippen molar-refractivity contribution in [2.45, 2.75) is 31.7 Å². The Morgan fingerprint density at radius 1 is 1.25 bits per heavy atom. The van der Waals surface area contributed by atoms with Crippen molar-refractivity contribution in [1.82, 2.24) is 0 Å². The molecule has 0 aromatic rings. The normalized spacial score (nSPS) is 52.9. The van der Waals surface area contributed by atoms with Gasteiger partial charge in [0.2, 0.25) is 0 Å². The summed E-state index contributed by atoms with van der Waals surface area (Å²) < 4.78 is 0. The highest BCUT2D eigenvalue weighted by Crippen LogP contribution is 2.48. The monoisotopic (exact) mass is 111 g/mol. The van der Waals surface area contributed by atoms with Gasteiger partial charge in [-0.2, -0.15) is 0 Å². The van der Waals surface area contributed by atoms with E-state index in [2.05, 4.69) is 0 Å². The topological polar surface area (TPSA) is 26.0 Å². The predicted molar refractivity (Wildman–Crippen MR) is 33.4 cm³/mol. The molecule has 0 saturated heterocycles. The summed E-state index contributed by atoms with van der Waals surface area (Å²) in [6, 6.07) is 0.578. The average molecular weight is 111 g/mol. The zero-order valence-corrected chi connectivity index (χ0v) is 5.14. The Labute approximate surface area is 50.3 Å². The highest BCUT2D eigenvalue weighted by molar-refractivity contribution is 4.96. The smallest absolute Gasteiger partial charge is 0.00699 e. The van der Waals surface area contributed by atoms with Gasteiger partial charge in [0, 0.05) is 6.04 Å². The van der Waals surface area contributed by atoms with Crippen molar-refractivity contribution in [3.05, 3.63) is 0 Å². The molecule has 0 aromatic heterocycles. The SMILES string of the molecule is N[C@@H]1CCC[C@@H]2C[C@@H]21. The molecule has 0 unspecified atom stereocenters. The van der Waals surface area contributed by atoms with E-state index in [1.807, 2.05) is 0 Å². The van der Waals surface area contributed by atoms with Crippen molar-refractivity contribution >= 4 is 0 Å². The van der Waals surface area contributed by atoms with E-state index in [0.717, 1.165) is 11.8 Å². The van der Waals surface area contributed by atoms with Crippen molar-refractivity contribution in [3.8, 4) is 0 Å². The van der Waals surface area contributed by atoms with Crippen LogP contribution in [0.2, 0.25) is 0 Å². The van der Waals surface area contributed by atoms with Crippen molar-refractivity contribution < 1.29 is 0 Å². The molecule has 3 atom stereocenters. The molecule has 46 valence electrons. The number of rotatable bonds is 0. The second-order valence-corrected chi connectivity index (χ2v) is 3.25. The van der Waals surface area contributed by atoms with Crippen LogP contribution in [0.3, 0.4) is 0 Å². The maximum absolute atomic E-state index is 5.82. The molecule has 0 bridgehead atoms. The van der Waals surface area contributed by atoms with E-state index in [0.29, 0.717) is 6.04 Å². The van der Waals surface area contributed by atoms with Crippen LogP contribution in [0.15, 0.2) is 0 Å². The van der Waals surface area contributed by atoms with Gasteiger partial charge >= 0.3 is 0 Å². The fourth-order valence-corrected chi connectivity index (χ4v) is 1.96. The zero-order valence-electron chi connectivity index (χ0n) is 5.14. The van der Waals surface area contributed by atoms with E-state index in [9.17, 15) is 0 Å². The van der Waals surface area contributed by atoms with Crippen LogP contribution in [0.25, 0.3) is 0 Å². The van der Waals surface area contributed by atoms with Crippen molar-refractivity contribution in [2.75, 3.05) is 0 Å². The van der Waals surface area contributed by atoms with Crippen LogP contribution in [-0.4, -0.2) is 6.04 Å². The van der Waals surface area contributed by atoms with E-state index in [-0.39, 0.29) is 0 Å². The van der Waals surface area contributed by atoms with Gasteiger partial charge in [-0.3, -0.25) is 0 Å². The minimum Gasteiger partial charge on any atom is -0.327 e. The quantitative estimate of drug-likeness (QED) is 0.498. The van der Waals surface area contributed by atoms with Crippen LogP contribution in [0.4, 0.5) is 0 Å². The molecule has 2 aliphatic carbocycles. The second-order valence-electron chi connectivity index (χ2n) is 3.25. The Hall–Kier alpha value is -0.0400. The highest BCUT2D eigenvalue weighted by atomic mass is 14.7. The van der Waals surface area contributed by atoms with E-state index in [4.69, 9.17) is 5.73 Å². The van der Waals surface area contributed by atoms with Crippen LogP contribution < -0.4 is 5.73 Å². The molecule has 0 radical (unpaired) electrons. The molecule has 2 saturated carbocycles. The lowest BCUT2D eigenvalue weighted by Crippen LogP contribution is -2.25. The van der Waals surface area contributed by atoms with E-state index in [1.165, 1.54) is 25.7 Å². The number of hydrogen-bond donors (Lipinski definition) is 1. The maximum Gasteiger partial charge on any atom is 0.00699 e. The van der Waals surface area contributed by atoms with Gasteiger partial charge in [-0.15, -0.1) is 0 Å². The number of nitrogens with two attached hydrogens (primary N) is 1. The van der Waals surface area contributed by atoms with Crippen molar-refractivity contribution in [3.63, 3.8) is 0 Å². The summed E-state index contributed by atoms with van der Waals surface area (Å²) in [7, 11) is 0. The summed E-state index contributed by atoms with van der Waals surface area (Å²) >= 11 is 0. The first-order chi connectivity index (χ1) is 3.88. The fraction of sp³-hybridized carbons (Fsp3) is 1.00. The fourth-order valence-electron chi connectivity index (χ4n) is 1.96. The molecule has 8 heavy (non-hydrogen) atoms. The molecule has 1 heteroatoms. The Balaban J connectivity index is 1.99. The first kappa shape index (κ1) is 4.80. The summed E-state index contributed by atoms with van der Waals surface area (Å²) in [6.45, 7) is 0. The second kappa shape index (κ2) is 1.47. The van der Waals surface area contributed by atoms with Gasteiger partial charge in [0.15, 0.2) is 0 Å². The molecular formula is C7H13N. The standard InChI is InChI=1S/C7H13N/c8-7-3-1-2-5-4-6(5)7/h5-7H,1-4,8H2/t5-,6+,7-/m1/s1. The van der Waals surface area contributed by atoms with Crippen LogP contribution in [0.5, 0.6) is 0 Å². The molecule has 2 N–H and O–H groups in total.